The first-order chi connectivity index (χ1) is 9.78. The Morgan fingerprint density at radius 1 is 1.35 bits per heavy atom. The molecule has 0 saturated heterocycles. The first-order valence-corrected chi connectivity index (χ1v) is 8.74. The predicted molar refractivity (Wildman–Crippen MR) is 88.8 cm³/mol. The number of hydrogen-bond acceptors (Lipinski definition) is 3. The molecule has 0 bridgehead atoms. The molecule has 1 atom stereocenters. The van der Waals surface area contributed by atoms with Gasteiger partial charge in [0, 0.05) is 29.6 Å². The summed E-state index contributed by atoms with van der Waals surface area (Å²) in [6, 6.07) is 11.8. The van der Waals surface area contributed by atoms with Gasteiger partial charge >= 0.3 is 0 Å². The third-order valence-electron chi connectivity index (χ3n) is 3.82. The Labute approximate surface area is 132 Å². The van der Waals surface area contributed by atoms with Gasteiger partial charge in [-0.25, -0.2) is 0 Å². The third kappa shape index (κ3) is 3.31. The molecular weight excluding hydrogens is 332 g/mol. The molecule has 1 aliphatic rings. The lowest BCUT2D eigenvalue weighted by Gasteiger charge is -2.31. The second-order valence-corrected chi connectivity index (χ2v) is 7.04. The molecule has 106 valence electrons. The van der Waals surface area contributed by atoms with Crippen molar-refractivity contribution < 1.29 is 0 Å². The predicted octanol–water partition coefficient (Wildman–Crippen LogP) is 4.18. The van der Waals surface area contributed by atoms with E-state index in [-0.39, 0.29) is 0 Å². The highest BCUT2D eigenvalue weighted by Gasteiger charge is 2.34. The molecular formula is C16H19BrN2S. The second-order valence-electron chi connectivity index (χ2n) is 5.34. The van der Waals surface area contributed by atoms with Crippen LogP contribution in [0.25, 0.3) is 0 Å². The summed E-state index contributed by atoms with van der Waals surface area (Å²) in [5.74, 6) is 0. The smallest absolute Gasteiger partial charge is 0.0477 e. The van der Waals surface area contributed by atoms with E-state index in [2.05, 4.69) is 61.9 Å². The highest BCUT2D eigenvalue weighted by Crippen LogP contribution is 2.36. The minimum absolute atomic E-state index is 0.305. The summed E-state index contributed by atoms with van der Waals surface area (Å²) in [6.07, 6.45) is 2.60. The van der Waals surface area contributed by atoms with Crippen LogP contribution in [0.4, 0.5) is 0 Å². The summed E-state index contributed by atoms with van der Waals surface area (Å²) in [5.41, 5.74) is 8.80. The van der Waals surface area contributed by atoms with Gasteiger partial charge in [-0.1, -0.05) is 28.1 Å². The van der Waals surface area contributed by atoms with E-state index in [0.717, 1.165) is 11.0 Å². The minimum Gasteiger partial charge on any atom is -0.329 e. The van der Waals surface area contributed by atoms with Crippen molar-refractivity contribution in [1.29, 1.82) is 0 Å². The van der Waals surface area contributed by atoms with Gasteiger partial charge in [0.15, 0.2) is 0 Å². The third-order valence-corrected chi connectivity index (χ3v) is 5.04. The summed E-state index contributed by atoms with van der Waals surface area (Å²) in [6.45, 7) is 1.67. The Kier molecular flexibility index (Phi) is 4.56. The SMILES string of the molecule is NCC(c1cccc(Br)c1)N(Cc1ccsc1)C1CC1. The molecule has 0 aliphatic heterocycles. The second kappa shape index (κ2) is 6.39. The lowest BCUT2D eigenvalue weighted by Crippen LogP contribution is -2.35. The van der Waals surface area contributed by atoms with Gasteiger partial charge in [-0.05, 0) is 52.9 Å². The number of halogens is 1. The number of benzene rings is 1. The molecule has 0 radical (unpaired) electrons. The number of nitrogens with two attached hydrogens (primary N) is 1. The molecule has 2 nitrogen and oxygen atoms in total. The molecule has 4 heteroatoms. The van der Waals surface area contributed by atoms with Crippen LogP contribution in [0, 0.1) is 0 Å². The standard InChI is InChI=1S/C16H19BrN2S/c17-14-3-1-2-13(8-14)16(9-18)19(15-4-5-15)10-12-6-7-20-11-12/h1-3,6-8,11,15-16H,4-5,9-10,18H2. The molecule has 1 unspecified atom stereocenters. The van der Waals surface area contributed by atoms with Crippen molar-refractivity contribution in [3.8, 4) is 0 Å². The van der Waals surface area contributed by atoms with Gasteiger partial charge in [-0.3, -0.25) is 4.90 Å². The summed E-state index contributed by atoms with van der Waals surface area (Å²) in [4.78, 5) is 2.57. The van der Waals surface area contributed by atoms with Crippen LogP contribution in [-0.4, -0.2) is 17.5 Å². The van der Waals surface area contributed by atoms with Gasteiger partial charge in [-0.15, -0.1) is 0 Å². The zero-order chi connectivity index (χ0) is 13.9. The molecule has 2 N–H and O–H groups in total. The average Bonchev–Trinajstić information content (AvgIpc) is 3.16. The highest BCUT2D eigenvalue weighted by molar-refractivity contribution is 9.10. The van der Waals surface area contributed by atoms with E-state index in [1.54, 1.807) is 11.3 Å². The van der Waals surface area contributed by atoms with Crippen molar-refractivity contribution in [3.05, 3.63) is 56.7 Å². The lowest BCUT2D eigenvalue weighted by atomic mass is 10.0. The van der Waals surface area contributed by atoms with Gasteiger partial charge in [0.2, 0.25) is 0 Å². The van der Waals surface area contributed by atoms with E-state index in [4.69, 9.17) is 5.73 Å². The van der Waals surface area contributed by atoms with Crippen LogP contribution < -0.4 is 5.73 Å². The van der Waals surface area contributed by atoms with Gasteiger partial charge < -0.3 is 5.73 Å². The van der Waals surface area contributed by atoms with Crippen LogP contribution >= 0.6 is 27.3 Å². The van der Waals surface area contributed by atoms with Crippen molar-refractivity contribution >= 4 is 27.3 Å². The fraction of sp³-hybridized carbons (Fsp3) is 0.375. The molecule has 1 aromatic heterocycles. The van der Waals surface area contributed by atoms with E-state index >= 15 is 0 Å². The van der Waals surface area contributed by atoms with Crippen molar-refractivity contribution in [1.82, 2.24) is 4.90 Å². The minimum atomic E-state index is 0.305. The largest absolute Gasteiger partial charge is 0.329 e. The normalized spacial score (nSPS) is 16.6. The van der Waals surface area contributed by atoms with Crippen LogP contribution in [-0.2, 0) is 6.54 Å². The summed E-state index contributed by atoms with van der Waals surface area (Å²) in [5, 5.41) is 4.39. The topological polar surface area (TPSA) is 29.3 Å². The Morgan fingerprint density at radius 3 is 2.80 bits per heavy atom. The molecule has 20 heavy (non-hydrogen) atoms. The molecule has 3 rings (SSSR count). The maximum Gasteiger partial charge on any atom is 0.0477 e. The Balaban J connectivity index is 1.84. The molecule has 2 aromatic rings. The van der Waals surface area contributed by atoms with E-state index < -0.39 is 0 Å². The van der Waals surface area contributed by atoms with Crippen LogP contribution in [0.2, 0.25) is 0 Å². The summed E-state index contributed by atoms with van der Waals surface area (Å²) in [7, 11) is 0. The molecule has 0 spiro atoms. The zero-order valence-corrected chi connectivity index (χ0v) is 13.7. The first kappa shape index (κ1) is 14.3. The first-order valence-electron chi connectivity index (χ1n) is 7.00. The number of rotatable bonds is 6. The van der Waals surface area contributed by atoms with Crippen LogP contribution in [0.3, 0.4) is 0 Å². The molecule has 1 fully saturated rings. The Morgan fingerprint density at radius 2 is 2.20 bits per heavy atom. The molecule has 1 heterocycles. The average molecular weight is 351 g/mol. The van der Waals surface area contributed by atoms with Crippen LogP contribution in [0.15, 0.2) is 45.6 Å². The quantitative estimate of drug-likeness (QED) is 0.846. The van der Waals surface area contributed by atoms with Gasteiger partial charge in [0.25, 0.3) is 0 Å². The number of nitrogens with zero attached hydrogens (tertiary/aromatic N) is 1. The molecule has 0 amide bonds. The summed E-state index contributed by atoms with van der Waals surface area (Å²) >= 11 is 5.33. The molecule has 1 aromatic carbocycles. The van der Waals surface area contributed by atoms with E-state index in [0.29, 0.717) is 18.6 Å². The van der Waals surface area contributed by atoms with E-state index in [1.807, 2.05) is 0 Å². The van der Waals surface area contributed by atoms with Gasteiger partial charge in [-0.2, -0.15) is 11.3 Å². The van der Waals surface area contributed by atoms with Gasteiger partial charge in [0.1, 0.15) is 0 Å². The lowest BCUT2D eigenvalue weighted by molar-refractivity contribution is 0.182. The zero-order valence-electron chi connectivity index (χ0n) is 11.3. The maximum absolute atomic E-state index is 6.10. The fourth-order valence-corrected chi connectivity index (χ4v) is 3.75. The maximum atomic E-state index is 6.10. The fourth-order valence-electron chi connectivity index (χ4n) is 2.67. The highest BCUT2D eigenvalue weighted by atomic mass is 79.9. The number of thiophene rings is 1. The van der Waals surface area contributed by atoms with E-state index in [9.17, 15) is 0 Å². The molecule has 1 aliphatic carbocycles. The Hall–Kier alpha value is -0.680. The van der Waals surface area contributed by atoms with Crippen molar-refractivity contribution in [3.63, 3.8) is 0 Å². The van der Waals surface area contributed by atoms with Gasteiger partial charge in [0.05, 0.1) is 0 Å². The monoisotopic (exact) mass is 350 g/mol. The Bertz CT molecular complexity index is 551. The van der Waals surface area contributed by atoms with Crippen LogP contribution in [0.1, 0.15) is 30.0 Å². The van der Waals surface area contributed by atoms with E-state index in [1.165, 1.54) is 24.0 Å². The van der Waals surface area contributed by atoms with Crippen LogP contribution in [0.5, 0.6) is 0 Å². The molecule has 1 saturated carbocycles. The van der Waals surface area contributed by atoms with Crippen molar-refractivity contribution in [2.75, 3.05) is 6.54 Å². The number of hydrogen-bond donors (Lipinski definition) is 1. The summed E-state index contributed by atoms with van der Waals surface area (Å²) < 4.78 is 1.12. The van der Waals surface area contributed by atoms with Crippen molar-refractivity contribution in [2.45, 2.75) is 31.5 Å². The van der Waals surface area contributed by atoms with Crippen molar-refractivity contribution in [2.24, 2.45) is 5.73 Å².